The van der Waals surface area contributed by atoms with Gasteiger partial charge in [-0.15, -0.1) is 5.10 Å². The van der Waals surface area contributed by atoms with E-state index in [1.165, 1.54) is 10.6 Å². The van der Waals surface area contributed by atoms with E-state index < -0.39 is 10.0 Å². The molecule has 2 rings (SSSR count). The predicted octanol–water partition coefficient (Wildman–Crippen LogP) is -0.839. The highest BCUT2D eigenvalue weighted by atomic mass is 32.2. The molecule has 0 spiro atoms. The van der Waals surface area contributed by atoms with Crippen molar-refractivity contribution in [3.63, 3.8) is 0 Å². The van der Waals surface area contributed by atoms with Crippen LogP contribution in [0.15, 0.2) is 6.20 Å². The molecular weight excluding hydrogens is 242 g/mol. The van der Waals surface area contributed by atoms with Gasteiger partial charge in [-0.2, -0.15) is 4.31 Å². The van der Waals surface area contributed by atoms with Gasteiger partial charge in [-0.3, -0.25) is 4.68 Å². The van der Waals surface area contributed by atoms with Crippen molar-refractivity contribution in [2.75, 3.05) is 12.8 Å². The van der Waals surface area contributed by atoms with Crippen molar-refractivity contribution < 1.29 is 8.42 Å². The second-order valence-electron chi connectivity index (χ2n) is 4.31. The number of hydrogen-bond acceptors (Lipinski definition) is 5. The van der Waals surface area contributed by atoms with Crippen molar-refractivity contribution in [2.24, 2.45) is 5.73 Å². The minimum Gasteiger partial charge on any atom is -0.325 e. The van der Waals surface area contributed by atoms with Crippen molar-refractivity contribution >= 4 is 10.0 Å². The van der Waals surface area contributed by atoms with Crippen LogP contribution in [0.3, 0.4) is 0 Å². The maximum atomic E-state index is 11.6. The molecule has 0 unspecified atom stereocenters. The maximum Gasteiger partial charge on any atom is 0.211 e. The normalized spacial score (nSPS) is 22.1. The van der Waals surface area contributed by atoms with Crippen LogP contribution in [0, 0.1) is 0 Å². The fraction of sp³-hybridized carbons (Fsp3) is 0.778. The SMILES string of the molecule is CS(=O)(=O)N1CCC[C@@H]1Cn1cc(CN)nn1. The molecule has 0 aromatic carbocycles. The van der Waals surface area contributed by atoms with Gasteiger partial charge in [-0.1, -0.05) is 5.21 Å². The van der Waals surface area contributed by atoms with E-state index in [9.17, 15) is 8.42 Å². The average molecular weight is 259 g/mol. The Balaban J connectivity index is 2.08. The number of rotatable bonds is 4. The molecule has 1 aromatic heterocycles. The number of nitrogens with zero attached hydrogens (tertiary/aromatic N) is 4. The van der Waals surface area contributed by atoms with Gasteiger partial charge < -0.3 is 5.73 Å². The minimum atomic E-state index is -3.12. The van der Waals surface area contributed by atoms with Gasteiger partial charge >= 0.3 is 0 Å². The first-order valence-corrected chi connectivity index (χ1v) is 7.41. The number of hydrogen-bond donors (Lipinski definition) is 1. The first-order chi connectivity index (χ1) is 8.00. The zero-order valence-corrected chi connectivity index (χ0v) is 10.6. The van der Waals surface area contributed by atoms with Crippen molar-refractivity contribution in [3.05, 3.63) is 11.9 Å². The molecule has 0 amide bonds. The fourth-order valence-electron chi connectivity index (χ4n) is 2.17. The van der Waals surface area contributed by atoms with Crippen molar-refractivity contribution in [3.8, 4) is 0 Å². The summed E-state index contributed by atoms with van der Waals surface area (Å²) in [5, 5.41) is 7.82. The second kappa shape index (κ2) is 4.71. The van der Waals surface area contributed by atoms with Gasteiger partial charge in [0.25, 0.3) is 0 Å². The molecule has 2 N–H and O–H groups in total. The van der Waals surface area contributed by atoms with Crippen LogP contribution in [0.5, 0.6) is 0 Å². The Labute approximate surface area is 101 Å². The third-order valence-corrected chi connectivity index (χ3v) is 4.27. The molecule has 1 aliphatic heterocycles. The van der Waals surface area contributed by atoms with Gasteiger partial charge in [0, 0.05) is 25.3 Å². The molecule has 17 heavy (non-hydrogen) atoms. The van der Waals surface area contributed by atoms with E-state index in [1.807, 2.05) is 0 Å². The van der Waals surface area contributed by atoms with Gasteiger partial charge in [-0.05, 0) is 12.8 Å². The summed E-state index contributed by atoms with van der Waals surface area (Å²) >= 11 is 0. The molecule has 1 atom stereocenters. The fourth-order valence-corrected chi connectivity index (χ4v) is 3.34. The monoisotopic (exact) mass is 259 g/mol. The molecule has 1 aromatic rings. The number of nitrogens with two attached hydrogens (primary N) is 1. The van der Waals surface area contributed by atoms with Gasteiger partial charge in [-0.25, -0.2) is 8.42 Å². The Hall–Kier alpha value is -0.990. The van der Waals surface area contributed by atoms with Crippen LogP contribution in [0.25, 0.3) is 0 Å². The molecule has 0 aliphatic carbocycles. The largest absolute Gasteiger partial charge is 0.325 e. The molecule has 0 radical (unpaired) electrons. The van der Waals surface area contributed by atoms with Crippen LogP contribution in [0.4, 0.5) is 0 Å². The first-order valence-electron chi connectivity index (χ1n) is 5.56. The van der Waals surface area contributed by atoms with E-state index in [-0.39, 0.29) is 6.04 Å². The van der Waals surface area contributed by atoms with Crippen LogP contribution < -0.4 is 5.73 Å². The van der Waals surface area contributed by atoms with Gasteiger partial charge in [0.1, 0.15) is 0 Å². The van der Waals surface area contributed by atoms with E-state index in [1.54, 1.807) is 10.9 Å². The molecule has 0 bridgehead atoms. The molecule has 1 saturated heterocycles. The van der Waals surface area contributed by atoms with Gasteiger partial charge in [0.05, 0.1) is 18.5 Å². The van der Waals surface area contributed by atoms with Crippen molar-refractivity contribution in [1.82, 2.24) is 19.3 Å². The van der Waals surface area contributed by atoms with Gasteiger partial charge in [0.2, 0.25) is 10.0 Å². The quantitative estimate of drug-likeness (QED) is 0.761. The third-order valence-electron chi connectivity index (χ3n) is 2.94. The minimum absolute atomic E-state index is 0.0164. The Morgan fingerprint density at radius 2 is 2.35 bits per heavy atom. The summed E-state index contributed by atoms with van der Waals surface area (Å²) in [4.78, 5) is 0. The zero-order chi connectivity index (χ0) is 12.5. The van der Waals surface area contributed by atoms with E-state index in [2.05, 4.69) is 10.3 Å². The van der Waals surface area contributed by atoms with E-state index in [0.29, 0.717) is 25.3 Å². The molecule has 8 heteroatoms. The van der Waals surface area contributed by atoms with Crippen molar-refractivity contribution in [2.45, 2.75) is 32.0 Å². The molecule has 1 aliphatic rings. The lowest BCUT2D eigenvalue weighted by molar-refractivity contribution is 0.340. The van der Waals surface area contributed by atoms with Crippen LogP contribution in [0.2, 0.25) is 0 Å². The first kappa shape index (κ1) is 12.5. The summed E-state index contributed by atoms with van der Waals surface area (Å²) in [6.07, 6.45) is 4.78. The molecule has 96 valence electrons. The Morgan fingerprint density at radius 3 is 2.94 bits per heavy atom. The lowest BCUT2D eigenvalue weighted by Gasteiger charge is -2.21. The van der Waals surface area contributed by atoms with Crippen LogP contribution >= 0.6 is 0 Å². The lowest BCUT2D eigenvalue weighted by Crippen LogP contribution is -2.37. The lowest BCUT2D eigenvalue weighted by atomic mass is 10.2. The smallest absolute Gasteiger partial charge is 0.211 e. The summed E-state index contributed by atoms with van der Waals surface area (Å²) in [6.45, 7) is 1.49. The summed E-state index contributed by atoms with van der Waals surface area (Å²) in [5.74, 6) is 0. The second-order valence-corrected chi connectivity index (χ2v) is 6.24. The Kier molecular flexibility index (Phi) is 3.45. The van der Waals surface area contributed by atoms with Crippen LogP contribution in [-0.4, -0.2) is 46.6 Å². The molecule has 0 saturated carbocycles. The standard InChI is InChI=1S/C9H17N5O2S/c1-17(15,16)14-4-2-3-9(14)7-13-6-8(5-10)11-12-13/h6,9H,2-5,7,10H2,1H3/t9-/m1/s1. The predicted molar refractivity (Wildman–Crippen MR) is 62.5 cm³/mol. The summed E-state index contributed by atoms with van der Waals surface area (Å²) < 4.78 is 26.3. The Morgan fingerprint density at radius 1 is 1.59 bits per heavy atom. The van der Waals surface area contributed by atoms with E-state index >= 15 is 0 Å². The Bertz CT molecular complexity index is 483. The maximum absolute atomic E-state index is 11.6. The van der Waals surface area contributed by atoms with E-state index in [0.717, 1.165) is 12.8 Å². The highest BCUT2D eigenvalue weighted by molar-refractivity contribution is 7.88. The summed E-state index contributed by atoms with van der Waals surface area (Å²) in [6, 6.07) is -0.0164. The molecule has 1 fully saturated rings. The summed E-state index contributed by atoms with van der Waals surface area (Å²) in [7, 11) is -3.12. The molecule has 7 nitrogen and oxygen atoms in total. The molecular formula is C9H17N5O2S. The van der Waals surface area contributed by atoms with E-state index in [4.69, 9.17) is 5.73 Å². The van der Waals surface area contributed by atoms with Crippen molar-refractivity contribution in [1.29, 1.82) is 0 Å². The highest BCUT2D eigenvalue weighted by Crippen LogP contribution is 2.21. The highest BCUT2D eigenvalue weighted by Gasteiger charge is 2.31. The average Bonchev–Trinajstić information content (AvgIpc) is 2.85. The molecule has 2 heterocycles. The topological polar surface area (TPSA) is 94.1 Å². The zero-order valence-electron chi connectivity index (χ0n) is 9.78. The van der Waals surface area contributed by atoms with Gasteiger partial charge in [0.15, 0.2) is 0 Å². The van der Waals surface area contributed by atoms with Crippen LogP contribution in [0.1, 0.15) is 18.5 Å². The van der Waals surface area contributed by atoms with Crippen LogP contribution in [-0.2, 0) is 23.1 Å². The number of sulfonamides is 1. The summed E-state index contributed by atoms with van der Waals surface area (Å²) in [5.41, 5.74) is 6.16. The number of aromatic nitrogens is 3. The third kappa shape index (κ3) is 2.82.